The standard InChI is InChI=1S/C11H15F2NO/c1-6(2)11(15)10(14)8-5-7(12)3-4-9(8)13/h3-6,10-11,15H,14H2,1-2H3/t10-,11+/m0/s1. The van der Waals surface area contributed by atoms with Crippen molar-refractivity contribution in [3.05, 3.63) is 35.4 Å². The topological polar surface area (TPSA) is 46.2 Å². The highest BCUT2D eigenvalue weighted by Gasteiger charge is 2.23. The van der Waals surface area contributed by atoms with Crippen molar-refractivity contribution in [2.24, 2.45) is 11.7 Å². The maximum absolute atomic E-state index is 13.3. The first-order chi connectivity index (χ1) is 6.93. The lowest BCUT2D eigenvalue weighted by molar-refractivity contribution is 0.0965. The smallest absolute Gasteiger partial charge is 0.128 e. The first-order valence-electron chi connectivity index (χ1n) is 4.82. The van der Waals surface area contributed by atoms with E-state index in [1.54, 1.807) is 13.8 Å². The minimum absolute atomic E-state index is 0.0104. The Labute approximate surface area is 87.7 Å². The van der Waals surface area contributed by atoms with Crippen molar-refractivity contribution in [1.29, 1.82) is 0 Å². The van der Waals surface area contributed by atoms with Gasteiger partial charge in [0.15, 0.2) is 0 Å². The van der Waals surface area contributed by atoms with Crippen LogP contribution in [0.4, 0.5) is 8.78 Å². The van der Waals surface area contributed by atoms with Gasteiger partial charge in [0.25, 0.3) is 0 Å². The highest BCUT2D eigenvalue weighted by molar-refractivity contribution is 5.23. The zero-order valence-corrected chi connectivity index (χ0v) is 8.74. The first-order valence-corrected chi connectivity index (χ1v) is 4.82. The lowest BCUT2D eigenvalue weighted by atomic mass is 9.94. The third-order valence-corrected chi connectivity index (χ3v) is 2.37. The van der Waals surface area contributed by atoms with Gasteiger partial charge in [0.05, 0.1) is 12.1 Å². The molecule has 84 valence electrons. The number of aliphatic hydroxyl groups excluding tert-OH is 1. The molecule has 15 heavy (non-hydrogen) atoms. The van der Waals surface area contributed by atoms with E-state index in [1.807, 2.05) is 0 Å². The van der Waals surface area contributed by atoms with Crippen LogP contribution in [0.3, 0.4) is 0 Å². The fraction of sp³-hybridized carbons (Fsp3) is 0.455. The summed E-state index contributed by atoms with van der Waals surface area (Å²) in [7, 11) is 0. The number of hydrogen-bond acceptors (Lipinski definition) is 2. The second-order valence-electron chi connectivity index (χ2n) is 3.93. The molecule has 2 atom stereocenters. The molecule has 1 rings (SSSR count). The van der Waals surface area contributed by atoms with Crippen LogP contribution in [0.2, 0.25) is 0 Å². The molecule has 0 bridgehead atoms. The first kappa shape index (κ1) is 12.1. The summed E-state index contributed by atoms with van der Waals surface area (Å²) in [6, 6.07) is 2.15. The van der Waals surface area contributed by atoms with Gasteiger partial charge >= 0.3 is 0 Å². The number of aliphatic hydroxyl groups is 1. The van der Waals surface area contributed by atoms with Gasteiger partial charge < -0.3 is 10.8 Å². The Bertz CT molecular complexity index is 341. The summed E-state index contributed by atoms with van der Waals surface area (Å²) in [4.78, 5) is 0. The maximum atomic E-state index is 13.3. The molecule has 3 N–H and O–H groups in total. The lowest BCUT2D eigenvalue weighted by Crippen LogP contribution is -2.31. The van der Waals surface area contributed by atoms with Crippen LogP contribution < -0.4 is 5.73 Å². The van der Waals surface area contributed by atoms with Gasteiger partial charge in [-0.05, 0) is 24.1 Å². The van der Waals surface area contributed by atoms with Crippen molar-refractivity contribution < 1.29 is 13.9 Å². The van der Waals surface area contributed by atoms with Gasteiger partial charge in [-0.2, -0.15) is 0 Å². The van der Waals surface area contributed by atoms with Gasteiger partial charge in [0.1, 0.15) is 11.6 Å². The van der Waals surface area contributed by atoms with Gasteiger partial charge in [0.2, 0.25) is 0 Å². The molecule has 0 heterocycles. The minimum Gasteiger partial charge on any atom is -0.391 e. The minimum atomic E-state index is -0.902. The van der Waals surface area contributed by atoms with E-state index in [2.05, 4.69) is 0 Å². The molecule has 0 saturated carbocycles. The second-order valence-corrected chi connectivity index (χ2v) is 3.93. The Kier molecular flexibility index (Phi) is 3.77. The number of rotatable bonds is 3. The number of nitrogens with two attached hydrogens (primary N) is 1. The van der Waals surface area contributed by atoms with E-state index in [0.717, 1.165) is 18.2 Å². The summed E-state index contributed by atoms with van der Waals surface area (Å²) < 4.78 is 26.2. The normalized spacial score (nSPS) is 15.4. The van der Waals surface area contributed by atoms with Crippen molar-refractivity contribution in [2.45, 2.75) is 26.0 Å². The maximum Gasteiger partial charge on any atom is 0.128 e. The lowest BCUT2D eigenvalue weighted by Gasteiger charge is -2.22. The number of hydrogen-bond donors (Lipinski definition) is 2. The predicted octanol–water partition coefficient (Wildman–Crippen LogP) is 1.98. The van der Waals surface area contributed by atoms with Crippen LogP contribution in [-0.4, -0.2) is 11.2 Å². The van der Waals surface area contributed by atoms with E-state index in [-0.39, 0.29) is 11.5 Å². The Morgan fingerprint density at radius 2 is 1.87 bits per heavy atom. The van der Waals surface area contributed by atoms with E-state index < -0.39 is 23.8 Å². The van der Waals surface area contributed by atoms with Crippen molar-refractivity contribution >= 4 is 0 Å². The zero-order valence-electron chi connectivity index (χ0n) is 8.74. The van der Waals surface area contributed by atoms with E-state index >= 15 is 0 Å². The SMILES string of the molecule is CC(C)[C@@H](O)[C@@H](N)c1cc(F)ccc1F. The molecular weight excluding hydrogens is 200 g/mol. The Morgan fingerprint density at radius 1 is 1.27 bits per heavy atom. The van der Waals surface area contributed by atoms with Crippen LogP contribution in [0.5, 0.6) is 0 Å². The summed E-state index contributed by atoms with van der Waals surface area (Å²) in [5.41, 5.74) is 5.66. The predicted molar refractivity (Wildman–Crippen MR) is 54.1 cm³/mol. The molecule has 1 aromatic carbocycles. The fourth-order valence-corrected chi connectivity index (χ4v) is 1.37. The molecule has 0 amide bonds. The molecule has 0 aliphatic rings. The summed E-state index contributed by atoms with van der Waals surface area (Å²) >= 11 is 0. The molecule has 0 saturated heterocycles. The monoisotopic (exact) mass is 215 g/mol. The zero-order chi connectivity index (χ0) is 11.6. The van der Waals surface area contributed by atoms with Gasteiger partial charge in [0, 0.05) is 5.56 Å². The van der Waals surface area contributed by atoms with Gasteiger partial charge in [-0.25, -0.2) is 8.78 Å². The van der Waals surface area contributed by atoms with Crippen molar-refractivity contribution in [2.75, 3.05) is 0 Å². The quantitative estimate of drug-likeness (QED) is 0.809. The van der Waals surface area contributed by atoms with Crippen LogP contribution in [0.15, 0.2) is 18.2 Å². The van der Waals surface area contributed by atoms with Crippen molar-refractivity contribution in [3.8, 4) is 0 Å². The molecule has 2 nitrogen and oxygen atoms in total. The Balaban J connectivity index is 2.99. The highest BCUT2D eigenvalue weighted by atomic mass is 19.1. The van der Waals surface area contributed by atoms with Gasteiger partial charge in [-0.15, -0.1) is 0 Å². The van der Waals surface area contributed by atoms with E-state index in [9.17, 15) is 13.9 Å². The van der Waals surface area contributed by atoms with Crippen molar-refractivity contribution in [3.63, 3.8) is 0 Å². The van der Waals surface area contributed by atoms with Crippen LogP contribution in [0.25, 0.3) is 0 Å². The van der Waals surface area contributed by atoms with Crippen LogP contribution in [0, 0.1) is 17.6 Å². The average Bonchev–Trinajstić information content (AvgIpc) is 2.19. The van der Waals surface area contributed by atoms with Gasteiger partial charge in [-0.3, -0.25) is 0 Å². The largest absolute Gasteiger partial charge is 0.391 e. The molecule has 0 aliphatic carbocycles. The number of benzene rings is 1. The highest BCUT2D eigenvalue weighted by Crippen LogP contribution is 2.22. The van der Waals surface area contributed by atoms with Crippen molar-refractivity contribution in [1.82, 2.24) is 0 Å². The molecule has 0 unspecified atom stereocenters. The molecule has 4 heteroatoms. The van der Waals surface area contributed by atoms with E-state index in [1.165, 1.54) is 0 Å². The Morgan fingerprint density at radius 3 is 2.40 bits per heavy atom. The third kappa shape index (κ3) is 2.73. The molecule has 0 fully saturated rings. The fourth-order valence-electron chi connectivity index (χ4n) is 1.37. The molecule has 1 aromatic rings. The van der Waals surface area contributed by atoms with Crippen LogP contribution >= 0.6 is 0 Å². The van der Waals surface area contributed by atoms with E-state index in [4.69, 9.17) is 5.73 Å². The summed E-state index contributed by atoms with van der Waals surface area (Å²) in [5.74, 6) is -1.26. The molecule has 0 spiro atoms. The molecule has 0 aliphatic heterocycles. The number of halogens is 2. The second kappa shape index (κ2) is 4.68. The summed E-state index contributed by atoms with van der Waals surface area (Å²) in [6.07, 6.45) is -0.888. The van der Waals surface area contributed by atoms with Gasteiger partial charge in [-0.1, -0.05) is 13.8 Å². The summed E-state index contributed by atoms with van der Waals surface area (Å²) in [5, 5.41) is 9.65. The Hall–Kier alpha value is -1.00. The summed E-state index contributed by atoms with van der Waals surface area (Å²) in [6.45, 7) is 3.53. The average molecular weight is 215 g/mol. The van der Waals surface area contributed by atoms with E-state index in [0.29, 0.717) is 0 Å². The molecule has 0 aromatic heterocycles. The molecule has 0 radical (unpaired) electrons. The third-order valence-electron chi connectivity index (χ3n) is 2.37. The molecular formula is C11H15F2NO. The van der Waals surface area contributed by atoms with Crippen LogP contribution in [0.1, 0.15) is 25.5 Å². The van der Waals surface area contributed by atoms with Crippen LogP contribution in [-0.2, 0) is 0 Å².